The van der Waals surface area contributed by atoms with Gasteiger partial charge in [-0.05, 0) is 31.0 Å². The van der Waals surface area contributed by atoms with Crippen LogP contribution in [0.1, 0.15) is 36.7 Å². The molecule has 0 spiro atoms. The minimum Gasteiger partial charge on any atom is -0.478 e. The maximum absolute atomic E-state index is 14.0. The summed E-state index contributed by atoms with van der Waals surface area (Å²) in [5.41, 5.74) is 0.558. The standard InChI is InChI=1S/C18H19ClFN3O3/c1-9(2)8-26-17-14(19)4-11(7-22-17)23-16-6-15(20)13(18(24)25)5-12(16)10(3)21/h4-7,9,21,23H,8H2,1-3H3,(H,24,25). The van der Waals surface area contributed by atoms with Gasteiger partial charge in [-0.1, -0.05) is 25.4 Å². The van der Waals surface area contributed by atoms with Gasteiger partial charge in [0.1, 0.15) is 10.8 Å². The van der Waals surface area contributed by atoms with E-state index < -0.39 is 17.3 Å². The molecule has 6 nitrogen and oxygen atoms in total. The molecule has 1 heterocycles. The molecule has 2 rings (SSSR count). The highest BCUT2D eigenvalue weighted by molar-refractivity contribution is 6.32. The summed E-state index contributed by atoms with van der Waals surface area (Å²) in [7, 11) is 0. The van der Waals surface area contributed by atoms with Gasteiger partial charge in [0.15, 0.2) is 0 Å². The van der Waals surface area contributed by atoms with Crippen LogP contribution in [-0.2, 0) is 0 Å². The Hall–Kier alpha value is -2.67. The highest BCUT2D eigenvalue weighted by Crippen LogP contribution is 2.29. The first-order valence-electron chi connectivity index (χ1n) is 7.86. The van der Waals surface area contributed by atoms with E-state index in [0.717, 1.165) is 12.1 Å². The zero-order valence-electron chi connectivity index (χ0n) is 14.6. The van der Waals surface area contributed by atoms with Crippen molar-refractivity contribution in [3.63, 3.8) is 0 Å². The number of aromatic carboxylic acids is 1. The lowest BCUT2D eigenvalue weighted by Gasteiger charge is -2.14. The van der Waals surface area contributed by atoms with E-state index >= 15 is 0 Å². The number of carboxylic acids is 1. The number of rotatable bonds is 7. The molecule has 0 atom stereocenters. The topological polar surface area (TPSA) is 95.3 Å². The Morgan fingerprint density at radius 1 is 1.38 bits per heavy atom. The maximum atomic E-state index is 14.0. The minimum atomic E-state index is -1.40. The second-order valence-electron chi connectivity index (χ2n) is 6.15. The Morgan fingerprint density at radius 3 is 2.62 bits per heavy atom. The molecule has 2 aromatic rings. The van der Waals surface area contributed by atoms with Crippen molar-refractivity contribution in [1.29, 1.82) is 5.41 Å². The number of carboxylic acid groups (broad SMARTS) is 1. The molecular weight excluding hydrogens is 361 g/mol. The predicted molar refractivity (Wildman–Crippen MR) is 98.7 cm³/mol. The zero-order chi connectivity index (χ0) is 19.4. The van der Waals surface area contributed by atoms with Gasteiger partial charge in [-0.2, -0.15) is 0 Å². The highest BCUT2D eigenvalue weighted by atomic mass is 35.5. The Bertz CT molecular complexity index is 856. The van der Waals surface area contributed by atoms with Crippen molar-refractivity contribution in [2.45, 2.75) is 20.8 Å². The smallest absolute Gasteiger partial charge is 0.338 e. The second-order valence-corrected chi connectivity index (χ2v) is 6.56. The van der Waals surface area contributed by atoms with E-state index in [1.54, 1.807) is 6.07 Å². The van der Waals surface area contributed by atoms with E-state index in [-0.39, 0.29) is 22.0 Å². The summed E-state index contributed by atoms with van der Waals surface area (Å²) in [6.07, 6.45) is 1.47. The Kier molecular flexibility index (Phi) is 6.15. The molecular formula is C18H19ClFN3O3. The van der Waals surface area contributed by atoms with Crippen LogP contribution in [0, 0.1) is 17.1 Å². The summed E-state index contributed by atoms with van der Waals surface area (Å²) in [6, 6.07) is 3.72. The molecule has 0 aliphatic heterocycles. The number of benzene rings is 1. The van der Waals surface area contributed by atoms with E-state index in [0.29, 0.717) is 24.1 Å². The van der Waals surface area contributed by atoms with E-state index in [1.165, 1.54) is 13.1 Å². The van der Waals surface area contributed by atoms with Gasteiger partial charge in [0.2, 0.25) is 5.88 Å². The van der Waals surface area contributed by atoms with Gasteiger partial charge in [-0.3, -0.25) is 0 Å². The van der Waals surface area contributed by atoms with Crippen LogP contribution < -0.4 is 10.1 Å². The van der Waals surface area contributed by atoms with Gasteiger partial charge in [0.25, 0.3) is 0 Å². The number of nitrogens with one attached hydrogen (secondary N) is 2. The van der Waals surface area contributed by atoms with Crippen molar-refractivity contribution < 1.29 is 19.0 Å². The van der Waals surface area contributed by atoms with Crippen LogP contribution in [0.5, 0.6) is 5.88 Å². The fourth-order valence-corrected chi connectivity index (χ4v) is 2.37. The largest absolute Gasteiger partial charge is 0.478 e. The molecule has 1 aromatic carbocycles. The molecule has 1 aromatic heterocycles. The third-order valence-electron chi connectivity index (χ3n) is 3.38. The van der Waals surface area contributed by atoms with Crippen molar-refractivity contribution in [2.75, 3.05) is 11.9 Å². The molecule has 8 heteroatoms. The van der Waals surface area contributed by atoms with Crippen molar-refractivity contribution >= 4 is 34.7 Å². The van der Waals surface area contributed by atoms with Crippen LogP contribution in [0.15, 0.2) is 24.4 Å². The van der Waals surface area contributed by atoms with Crippen LogP contribution in [0.3, 0.4) is 0 Å². The van der Waals surface area contributed by atoms with Crippen LogP contribution in [0.25, 0.3) is 0 Å². The lowest BCUT2D eigenvalue weighted by Crippen LogP contribution is -2.08. The van der Waals surface area contributed by atoms with Crippen LogP contribution in [-0.4, -0.2) is 28.4 Å². The molecule has 0 bridgehead atoms. The van der Waals surface area contributed by atoms with Crippen molar-refractivity contribution in [3.05, 3.63) is 46.4 Å². The average molecular weight is 380 g/mol. The van der Waals surface area contributed by atoms with Crippen LogP contribution in [0.2, 0.25) is 5.02 Å². The summed E-state index contributed by atoms with van der Waals surface area (Å²) < 4.78 is 19.5. The molecule has 3 N–H and O–H groups in total. The number of anilines is 2. The number of carbonyl (C=O) groups is 1. The first kappa shape index (κ1) is 19.7. The number of aromatic nitrogens is 1. The van der Waals surface area contributed by atoms with Crippen molar-refractivity contribution in [2.24, 2.45) is 5.92 Å². The van der Waals surface area contributed by atoms with Gasteiger partial charge < -0.3 is 20.6 Å². The van der Waals surface area contributed by atoms with Crippen molar-refractivity contribution in [1.82, 2.24) is 4.98 Å². The van der Waals surface area contributed by atoms with Gasteiger partial charge in [0, 0.05) is 11.3 Å². The zero-order valence-corrected chi connectivity index (χ0v) is 15.3. The SMILES string of the molecule is CC(=N)c1cc(C(=O)O)c(F)cc1Nc1cnc(OCC(C)C)c(Cl)c1. The third kappa shape index (κ3) is 4.70. The quantitative estimate of drug-likeness (QED) is 0.604. The van der Waals surface area contributed by atoms with E-state index in [1.807, 2.05) is 13.8 Å². The highest BCUT2D eigenvalue weighted by Gasteiger charge is 2.17. The number of ether oxygens (including phenoxy) is 1. The van der Waals surface area contributed by atoms with Crippen LogP contribution >= 0.6 is 11.6 Å². The molecule has 0 aliphatic rings. The average Bonchev–Trinajstić information content (AvgIpc) is 2.53. The van der Waals surface area contributed by atoms with Gasteiger partial charge in [-0.15, -0.1) is 0 Å². The number of nitrogens with zero attached hydrogens (tertiary/aromatic N) is 1. The second kappa shape index (κ2) is 8.14. The third-order valence-corrected chi connectivity index (χ3v) is 3.65. The molecule has 26 heavy (non-hydrogen) atoms. The lowest BCUT2D eigenvalue weighted by molar-refractivity contribution is 0.0692. The molecule has 138 valence electrons. The fraction of sp³-hybridized carbons (Fsp3) is 0.278. The Labute approximate surface area is 155 Å². The number of hydrogen-bond acceptors (Lipinski definition) is 5. The molecule has 0 amide bonds. The van der Waals surface area contributed by atoms with Crippen molar-refractivity contribution in [3.8, 4) is 5.88 Å². The van der Waals surface area contributed by atoms with E-state index in [9.17, 15) is 9.18 Å². The molecule has 0 unspecified atom stereocenters. The van der Waals surface area contributed by atoms with Crippen LogP contribution in [0.4, 0.5) is 15.8 Å². The summed E-state index contributed by atoms with van der Waals surface area (Å²) in [5, 5.41) is 20.0. The molecule has 0 saturated carbocycles. The first-order chi connectivity index (χ1) is 12.2. The summed E-state index contributed by atoms with van der Waals surface area (Å²) in [5.74, 6) is -1.69. The predicted octanol–water partition coefficient (Wildman–Crippen LogP) is 4.74. The molecule has 0 aliphatic carbocycles. The van der Waals surface area contributed by atoms with Gasteiger partial charge >= 0.3 is 5.97 Å². The van der Waals surface area contributed by atoms with E-state index in [2.05, 4.69) is 10.3 Å². The Morgan fingerprint density at radius 2 is 2.08 bits per heavy atom. The maximum Gasteiger partial charge on any atom is 0.338 e. The monoisotopic (exact) mass is 379 g/mol. The van der Waals surface area contributed by atoms with Gasteiger partial charge in [-0.25, -0.2) is 14.2 Å². The molecule has 0 radical (unpaired) electrons. The minimum absolute atomic E-state index is 0.0888. The number of pyridine rings is 1. The summed E-state index contributed by atoms with van der Waals surface area (Å²) in [6.45, 7) is 5.96. The first-order valence-corrected chi connectivity index (χ1v) is 8.24. The molecule has 0 saturated heterocycles. The van der Waals surface area contributed by atoms with E-state index in [4.69, 9.17) is 26.9 Å². The molecule has 0 fully saturated rings. The normalized spacial score (nSPS) is 10.7. The fourth-order valence-electron chi connectivity index (χ4n) is 2.15. The number of halogens is 2. The summed E-state index contributed by atoms with van der Waals surface area (Å²) >= 11 is 6.16. The van der Waals surface area contributed by atoms with Gasteiger partial charge in [0.05, 0.1) is 29.7 Å². The summed E-state index contributed by atoms with van der Waals surface area (Å²) in [4.78, 5) is 15.2. The lowest BCUT2D eigenvalue weighted by atomic mass is 10.0. The number of hydrogen-bond donors (Lipinski definition) is 3. The Balaban J connectivity index is 2.33.